The molecule has 1 saturated carbocycles. The van der Waals surface area contributed by atoms with Gasteiger partial charge in [0.25, 0.3) is 0 Å². The van der Waals surface area contributed by atoms with Gasteiger partial charge in [0.15, 0.2) is 0 Å². The molecule has 90 valence electrons. The van der Waals surface area contributed by atoms with E-state index in [1.54, 1.807) is 0 Å². The Morgan fingerprint density at radius 3 is 2.19 bits per heavy atom. The van der Waals surface area contributed by atoms with Gasteiger partial charge in [-0.25, -0.2) is 0 Å². The minimum absolute atomic E-state index is 0.0998. The van der Waals surface area contributed by atoms with Crippen LogP contribution in [0.2, 0.25) is 0 Å². The van der Waals surface area contributed by atoms with Gasteiger partial charge in [-0.3, -0.25) is 14.4 Å². The van der Waals surface area contributed by atoms with Gasteiger partial charge in [-0.15, -0.1) is 0 Å². The quantitative estimate of drug-likeness (QED) is 0.453. The van der Waals surface area contributed by atoms with Gasteiger partial charge in [0.2, 0.25) is 0 Å². The number of carboxylic acid groups (broad SMARTS) is 3. The molecule has 1 rings (SSSR count). The van der Waals surface area contributed by atoms with Crippen molar-refractivity contribution < 1.29 is 29.7 Å². The van der Waals surface area contributed by atoms with E-state index in [1.165, 1.54) is 0 Å². The molecule has 0 saturated heterocycles. The molecule has 0 amide bonds. The van der Waals surface area contributed by atoms with Crippen LogP contribution in [0.5, 0.6) is 0 Å². The molecule has 1 fully saturated rings. The number of rotatable bonds is 7. The summed E-state index contributed by atoms with van der Waals surface area (Å²) in [6.45, 7) is -0.198. The first-order chi connectivity index (χ1) is 7.37. The van der Waals surface area contributed by atoms with Crippen molar-refractivity contribution in [1.82, 2.24) is 5.32 Å². The molecule has 2 atom stereocenters. The standard InChI is InChI=1S/C9H13NO6/c11-6(12)2-9(1-5(9)8(15)16)4-10-3-7(13)14/h5,10H,1-4H2,(H,11,12)(H,13,14)(H,15,16). The van der Waals surface area contributed by atoms with Crippen LogP contribution in [-0.2, 0) is 14.4 Å². The fraction of sp³-hybridized carbons (Fsp3) is 0.667. The van der Waals surface area contributed by atoms with Crippen molar-refractivity contribution in [2.24, 2.45) is 11.3 Å². The molecule has 1 aliphatic carbocycles. The van der Waals surface area contributed by atoms with Gasteiger partial charge in [-0.05, 0) is 6.42 Å². The molecule has 0 aromatic heterocycles. The molecule has 0 aromatic carbocycles. The van der Waals surface area contributed by atoms with Gasteiger partial charge in [0.1, 0.15) is 0 Å². The van der Waals surface area contributed by atoms with Crippen molar-refractivity contribution in [3.63, 3.8) is 0 Å². The Hall–Kier alpha value is -1.63. The Morgan fingerprint density at radius 1 is 1.19 bits per heavy atom. The number of hydrogen-bond donors (Lipinski definition) is 4. The highest BCUT2D eigenvalue weighted by Gasteiger charge is 2.59. The second kappa shape index (κ2) is 4.48. The molecule has 0 spiro atoms. The van der Waals surface area contributed by atoms with Crippen molar-refractivity contribution in [2.45, 2.75) is 12.8 Å². The SMILES string of the molecule is O=C(O)CNCC1(CC(=O)O)CC1C(=O)O. The maximum Gasteiger partial charge on any atom is 0.317 e. The van der Waals surface area contributed by atoms with Crippen LogP contribution in [0.3, 0.4) is 0 Å². The van der Waals surface area contributed by atoms with Crippen LogP contribution in [-0.4, -0.2) is 46.3 Å². The maximum absolute atomic E-state index is 10.7. The zero-order chi connectivity index (χ0) is 12.3. The zero-order valence-corrected chi connectivity index (χ0v) is 8.47. The molecule has 7 heteroatoms. The van der Waals surface area contributed by atoms with Crippen molar-refractivity contribution in [1.29, 1.82) is 0 Å². The third kappa shape index (κ3) is 2.93. The summed E-state index contributed by atoms with van der Waals surface area (Å²) in [5, 5.41) is 28.4. The maximum atomic E-state index is 10.7. The second-order valence-corrected chi connectivity index (χ2v) is 4.03. The van der Waals surface area contributed by atoms with Gasteiger partial charge in [0.05, 0.1) is 18.9 Å². The predicted molar refractivity (Wildman–Crippen MR) is 50.9 cm³/mol. The first kappa shape index (κ1) is 12.4. The van der Waals surface area contributed by atoms with E-state index in [9.17, 15) is 14.4 Å². The van der Waals surface area contributed by atoms with E-state index < -0.39 is 29.2 Å². The van der Waals surface area contributed by atoms with Crippen LogP contribution >= 0.6 is 0 Å². The summed E-state index contributed by atoms with van der Waals surface area (Å²) in [5.41, 5.74) is -0.826. The minimum atomic E-state index is -1.07. The molecular weight excluding hydrogens is 218 g/mol. The van der Waals surface area contributed by atoms with Crippen LogP contribution in [0.4, 0.5) is 0 Å². The second-order valence-electron chi connectivity index (χ2n) is 4.03. The van der Waals surface area contributed by atoms with Gasteiger partial charge >= 0.3 is 17.9 Å². The molecule has 0 bridgehead atoms. The topological polar surface area (TPSA) is 124 Å². The smallest absolute Gasteiger partial charge is 0.317 e. The molecule has 0 aliphatic heterocycles. The fourth-order valence-electron chi connectivity index (χ4n) is 1.87. The molecule has 7 nitrogen and oxygen atoms in total. The summed E-state index contributed by atoms with van der Waals surface area (Å²) in [5.74, 6) is -3.85. The van der Waals surface area contributed by atoms with Gasteiger partial charge in [-0.1, -0.05) is 0 Å². The van der Waals surface area contributed by atoms with Gasteiger partial charge in [0, 0.05) is 12.0 Å². The monoisotopic (exact) mass is 231 g/mol. The first-order valence-corrected chi connectivity index (χ1v) is 4.74. The van der Waals surface area contributed by atoms with Crippen LogP contribution in [0.15, 0.2) is 0 Å². The van der Waals surface area contributed by atoms with Crippen LogP contribution in [0, 0.1) is 11.3 Å². The molecular formula is C9H13NO6. The Morgan fingerprint density at radius 2 is 1.81 bits per heavy atom. The molecule has 0 radical (unpaired) electrons. The number of hydrogen-bond acceptors (Lipinski definition) is 4. The molecule has 0 heterocycles. The molecule has 4 N–H and O–H groups in total. The van der Waals surface area contributed by atoms with Crippen molar-refractivity contribution in [3.8, 4) is 0 Å². The largest absolute Gasteiger partial charge is 0.481 e. The molecule has 0 aromatic rings. The van der Waals surface area contributed by atoms with Crippen molar-refractivity contribution in [2.75, 3.05) is 13.1 Å². The minimum Gasteiger partial charge on any atom is -0.481 e. The Balaban J connectivity index is 2.51. The number of carbonyl (C=O) groups is 3. The van der Waals surface area contributed by atoms with E-state index in [0.717, 1.165) is 0 Å². The molecule has 1 aliphatic rings. The number of nitrogens with one attached hydrogen (secondary N) is 1. The first-order valence-electron chi connectivity index (χ1n) is 4.74. The lowest BCUT2D eigenvalue weighted by Crippen LogP contribution is -2.32. The average molecular weight is 231 g/mol. The van der Waals surface area contributed by atoms with Gasteiger partial charge < -0.3 is 20.6 Å². The normalized spacial score (nSPS) is 27.4. The highest BCUT2D eigenvalue weighted by atomic mass is 16.4. The fourth-order valence-corrected chi connectivity index (χ4v) is 1.87. The Bertz CT molecular complexity index is 328. The highest BCUT2D eigenvalue weighted by molar-refractivity contribution is 5.78. The lowest BCUT2D eigenvalue weighted by molar-refractivity contribution is -0.141. The lowest BCUT2D eigenvalue weighted by atomic mass is 9.99. The van der Waals surface area contributed by atoms with E-state index in [1.807, 2.05) is 0 Å². The highest BCUT2D eigenvalue weighted by Crippen LogP contribution is 2.54. The summed E-state index contributed by atoms with van der Waals surface area (Å²) >= 11 is 0. The van der Waals surface area contributed by atoms with Crippen molar-refractivity contribution in [3.05, 3.63) is 0 Å². The van der Waals surface area contributed by atoms with E-state index in [4.69, 9.17) is 15.3 Å². The predicted octanol–water partition coefficient (Wildman–Crippen LogP) is -0.774. The van der Waals surface area contributed by atoms with E-state index in [2.05, 4.69) is 5.32 Å². The summed E-state index contributed by atoms with van der Waals surface area (Å²) in [4.78, 5) is 31.5. The summed E-state index contributed by atoms with van der Waals surface area (Å²) < 4.78 is 0. The third-order valence-electron chi connectivity index (χ3n) is 2.74. The van der Waals surface area contributed by atoms with Crippen LogP contribution < -0.4 is 5.32 Å². The Kier molecular flexibility index (Phi) is 3.48. The summed E-state index contributed by atoms with van der Waals surface area (Å²) in [6, 6.07) is 0. The molecule has 2 unspecified atom stereocenters. The van der Waals surface area contributed by atoms with E-state index in [-0.39, 0.29) is 25.9 Å². The van der Waals surface area contributed by atoms with Crippen molar-refractivity contribution >= 4 is 17.9 Å². The molecule has 16 heavy (non-hydrogen) atoms. The Labute approximate surface area is 91.1 Å². The number of aliphatic carboxylic acids is 3. The average Bonchev–Trinajstić information content (AvgIpc) is 2.77. The summed E-state index contributed by atoms with van der Waals surface area (Å²) in [6.07, 6.45) is 0.0256. The van der Waals surface area contributed by atoms with E-state index >= 15 is 0 Å². The zero-order valence-electron chi connectivity index (χ0n) is 8.47. The number of carboxylic acids is 3. The van der Waals surface area contributed by atoms with E-state index in [0.29, 0.717) is 0 Å². The van der Waals surface area contributed by atoms with Gasteiger partial charge in [-0.2, -0.15) is 0 Å². The van der Waals surface area contributed by atoms with Crippen LogP contribution in [0.1, 0.15) is 12.8 Å². The summed E-state index contributed by atoms with van der Waals surface area (Å²) in [7, 11) is 0. The lowest BCUT2D eigenvalue weighted by Gasteiger charge is -2.13. The third-order valence-corrected chi connectivity index (χ3v) is 2.74. The van der Waals surface area contributed by atoms with Crippen LogP contribution in [0.25, 0.3) is 0 Å².